The maximum atomic E-state index is 10.6. The summed E-state index contributed by atoms with van der Waals surface area (Å²) in [5.74, 6) is 0.526. The van der Waals surface area contributed by atoms with E-state index in [1.54, 1.807) is 0 Å². The van der Waals surface area contributed by atoms with Crippen molar-refractivity contribution in [3.05, 3.63) is 24.3 Å². The average molecular weight is 252 g/mol. The van der Waals surface area contributed by atoms with Crippen LogP contribution in [0.25, 0.3) is 0 Å². The molecule has 1 heterocycles. The maximum absolute atomic E-state index is 10.6. The zero-order valence-corrected chi connectivity index (χ0v) is 11.6. The van der Waals surface area contributed by atoms with Gasteiger partial charge in [0.25, 0.3) is 0 Å². The molecule has 0 saturated carbocycles. The molecule has 0 N–H and O–H groups in total. The SMILES string of the molecule is O=S(=O)([O-])c1ccc(OCC2CO2)cc1.[Na+]. The number of rotatable bonds is 4. The van der Waals surface area contributed by atoms with Crippen LogP contribution in [-0.4, -0.2) is 32.3 Å². The Bertz CT molecular complexity index is 437. The Morgan fingerprint density at radius 3 is 2.38 bits per heavy atom. The van der Waals surface area contributed by atoms with Crippen molar-refractivity contribution in [1.29, 1.82) is 0 Å². The first-order valence-electron chi connectivity index (χ1n) is 4.36. The fraction of sp³-hybridized carbons (Fsp3) is 0.333. The van der Waals surface area contributed by atoms with Crippen molar-refractivity contribution in [3.8, 4) is 5.75 Å². The normalized spacial score (nSPS) is 18.7. The molecule has 7 heteroatoms. The van der Waals surface area contributed by atoms with E-state index in [9.17, 15) is 13.0 Å². The summed E-state index contributed by atoms with van der Waals surface area (Å²) in [6.45, 7) is 1.15. The third kappa shape index (κ3) is 4.04. The van der Waals surface area contributed by atoms with Crippen LogP contribution in [0.4, 0.5) is 0 Å². The van der Waals surface area contributed by atoms with Gasteiger partial charge in [-0.05, 0) is 24.3 Å². The van der Waals surface area contributed by atoms with Gasteiger partial charge in [-0.15, -0.1) is 0 Å². The molecule has 0 bridgehead atoms. The molecule has 0 spiro atoms. The van der Waals surface area contributed by atoms with Crippen molar-refractivity contribution in [1.82, 2.24) is 0 Å². The molecule has 0 amide bonds. The summed E-state index contributed by atoms with van der Waals surface area (Å²) in [4.78, 5) is -0.252. The fourth-order valence-electron chi connectivity index (χ4n) is 1.06. The molecule has 0 aromatic heterocycles. The number of ether oxygens (including phenoxy) is 2. The zero-order valence-electron chi connectivity index (χ0n) is 8.75. The van der Waals surface area contributed by atoms with Crippen LogP contribution < -0.4 is 34.3 Å². The molecule has 1 unspecified atom stereocenters. The van der Waals surface area contributed by atoms with Crippen LogP contribution in [-0.2, 0) is 14.9 Å². The zero-order chi connectivity index (χ0) is 10.9. The summed E-state index contributed by atoms with van der Waals surface area (Å²) in [6.07, 6.45) is 0.146. The Balaban J connectivity index is 0.00000128. The van der Waals surface area contributed by atoms with Gasteiger partial charge in [0.2, 0.25) is 0 Å². The summed E-state index contributed by atoms with van der Waals surface area (Å²) in [7, 11) is -4.37. The van der Waals surface area contributed by atoms with Crippen molar-refractivity contribution in [2.45, 2.75) is 11.0 Å². The van der Waals surface area contributed by atoms with Crippen LogP contribution in [0.2, 0.25) is 0 Å². The molecule has 0 radical (unpaired) electrons. The minimum Gasteiger partial charge on any atom is -0.744 e. The van der Waals surface area contributed by atoms with Crippen LogP contribution in [0.3, 0.4) is 0 Å². The number of hydrogen-bond donors (Lipinski definition) is 0. The molecule has 1 atom stereocenters. The molecule has 2 rings (SSSR count). The maximum Gasteiger partial charge on any atom is 1.00 e. The third-order valence-corrected chi connectivity index (χ3v) is 2.80. The van der Waals surface area contributed by atoms with Gasteiger partial charge in [0, 0.05) is 0 Å². The monoisotopic (exact) mass is 252 g/mol. The molecule has 1 aromatic carbocycles. The van der Waals surface area contributed by atoms with Crippen LogP contribution >= 0.6 is 0 Å². The molecule has 1 fully saturated rings. The van der Waals surface area contributed by atoms with Crippen molar-refractivity contribution < 1.29 is 52.0 Å². The van der Waals surface area contributed by atoms with Crippen molar-refractivity contribution in [2.75, 3.05) is 13.2 Å². The number of epoxide rings is 1. The van der Waals surface area contributed by atoms with Gasteiger partial charge in [-0.2, -0.15) is 0 Å². The van der Waals surface area contributed by atoms with Gasteiger partial charge in [-0.25, -0.2) is 8.42 Å². The second-order valence-electron chi connectivity index (χ2n) is 3.19. The Kier molecular flexibility index (Phi) is 4.78. The van der Waals surface area contributed by atoms with E-state index >= 15 is 0 Å². The quantitative estimate of drug-likeness (QED) is 0.333. The summed E-state index contributed by atoms with van der Waals surface area (Å²) in [5, 5.41) is 0. The first-order chi connectivity index (χ1) is 7.05. The smallest absolute Gasteiger partial charge is 0.744 e. The molecule has 16 heavy (non-hydrogen) atoms. The second kappa shape index (κ2) is 5.48. The van der Waals surface area contributed by atoms with Gasteiger partial charge in [-0.1, -0.05) is 0 Å². The van der Waals surface area contributed by atoms with Crippen LogP contribution in [0.1, 0.15) is 0 Å². The van der Waals surface area contributed by atoms with Crippen molar-refractivity contribution in [3.63, 3.8) is 0 Å². The largest absolute Gasteiger partial charge is 1.00 e. The summed E-state index contributed by atoms with van der Waals surface area (Å²) in [5.41, 5.74) is 0. The standard InChI is InChI=1S/C9H10O5S.Na/c10-15(11,12)9-3-1-7(2-4-9)13-5-8-6-14-8;/h1-4,8H,5-6H2,(H,10,11,12);/q;+1/p-1. The second-order valence-corrected chi connectivity index (χ2v) is 4.57. The Hall–Kier alpha value is -0.110. The van der Waals surface area contributed by atoms with Crippen LogP contribution in [0, 0.1) is 0 Å². The van der Waals surface area contributed by atoms with Crippen LogP contribution in [0.5, 0.6) is 5.75 Å². The van der Waals surface area contributed by atoms with Gasteiger partial charge in [0.15, 0.2) is 0 Å². The molecule has 5 nitrogen and oxygen atoms in total. The minimum absolute atomic E-state index is 0. The van der Waals surface area contributed by atoms with E-state index in [2.05, 4.69) is 0 Å². The predicted octanol–water partition coefficient (Wildman–Crippen LogP) is -2.63. The van der Waals surface area contributed by atoms with E-state index in [0.29, 0.717) is 19.0 Å². The first-order valence-corrected chi connectivity index (χ1v) is 5.77. The summed E-state index contributed by atoms with van der Waals surface area (Å²) >= 11 is 0. The summed E-state index contributed by atoms with van der Waals surface area (Å²) < 4.78 is 42.0. The fourth-order valence-corrected chi connectivity index (χ4v) is 1.53. The third-order valence-electron chi connectivity index (χ3n) is 1.95. The Morgan fingerprint density at radius 2 is 1.94 bits per heavy atom. The van der Waals surface area contributed by atoms with Crippen molar-refractivity contribution in [2.24, 2.45) is 0 Å². The van der Waals surface area contributed by atoms with Gasteiger partial charge in [0.05, 0.1) is 11.5 Å². The molecule has 1 aliphatic heterocycles. The van der Waals surface area contributed by atoms with Gasteiger partial charge < -0.3 is 14.0 Å². The van der Waals surface area contributed by atoms with Gasteiger partial charge in [0.1, 0.15) is 28.6 Å². The molecule has 0 aliphatic carbocycles. The Labute approximate surface area is 116 Å². The first kappa shape index (κ1) is 14.0. The summed E-state index contributed by atoms with van der Waals surface area (Å²) in [6, 6.07) is 5.36. The van der Waals surface area contributed by atoms with E-state index in [4.69, 9.17) is 9.47 Å². The number of hydrogen-bond acceptors (Lipinski definition) is 5. The van der Waals surface area contributed by atoms with Gasteiger partial charge >= 0.3 is 29.6 Å². The topological polar surface area (TPSA) is 79.0 Å². The molecule has 1 aromatic rings. The van der Waals surface area contributed by atoms with E-state index < -0.39 is 10.1 Å². The predicted molar refractivity (Wildman–Crippen MR) is 49.6 cm³/mol. The van der Waals surface area contributed by atoms with Crippen LogP contribution in [0.15, 0.2) is 29.2 Å². The van der Waals surface area contributed by atoms with E-state index in [1.807, 2.05) is 0 Å². The molecule has 82 valence electrons. The minimum atomic E-state index is -4.37. The average Bonchev–Trinajstić information content (AvgIpc) is 2.97. The molecule has 1 saturated heterocycles. The van der Waals surface area contributed by atoms with Crippen molar-refractivity contribution >= 4 is 10.1 Å². The van der Waals surface area contributed by atoms with E-state index in [-0.39, 0.29) is 40.6 Å². The molecular formula is C9H9NaO5S. The van der Waals surface area contributed by atoms with Gasteiger partial charge in [-0.3, -0.25) is 0 Å². The molecule has 1 aliphatic rings. The number of benzene rings is 1. The van der Waals surface area contributed by atoms with E-state index in [0.717, 1.165) is 0 Å². The Morgan fingerprint density at radius 1 is 1.38 bits per heavy atom. The van der Waals surface area contributed by atoms with E-state index in [1.165, 1.54) is 24.3 Å². The molecular weight excluding hydrogens is 243 g/mol.